The number of likely N-dealkylation sites (N-methyl/N-ethyl adjacent to an activating group) is 1. The van der Waals surface area contributed by atoms with Crippen molar-refractivity contribution >= 4 is 23.2 Å². The van der Waals surface area contributed by atoms with Crippen LogP contribution in [-0.4, -0.2) is 66.4 Å². The summed E-state index contributed by atoms with van der Waals surface area (Å²) in [6.45, 7) is -0.457. The molecule has 1 aliphatic rings. The Balaban J connectivity index is 2.25. The molecule has 0 atom stereocenters. The summed E-state index contributed by atoms with van der Waals surface area (Å²) in [6.07, 6.45) is 1.42. The van der Waals surface area contributed by atoms with E-state index < -0.39 is 17.5 Å². The predicted octanol–water partition coefficient (Wildman–Crippen LogP) is 1.28. The molecule has 8 nitrogen and oxygen atoms in total. The highest BCUT2D eigenvalue weighted by Gasteiger charge is 2.39. The number of amides is 1. The molecule has 8 heteroatoms. The molecule has 1 N–H and O–H groups in total. The van der Waals surface area contributed by atoms with Gasteiger partial charge in [-0.2, -0.15) is 0 Å². The fourth-order valence-electron chi connectivity index (χ4n) is 3.21. The number of aliphatic hydroxyl groups is 1. The number of pyridine rings is 1. The second kappa shape index (κ2) is 8.76. The third-order valence-corrected chi connectivity index (χ3v) is 4.56. The number of hydrogen-bond acceptors (Lipinski definition) is 7. The van der Waals surface area contributed by atoms with Crippen molar-refractivity contribution < 1.29 is 24.2 Å². The van der Waals surface area contributed by atoms with Crippen molar-refractivity contribution in [3.8, 4) is 0 Å². The van der Waals surface area contributed by atoms with Crippen molar-refractivity contribution in [1.29, 1.82) is 0 Å². The molecular formula is C21H21N3O5. The molecule has 29 heavy (non-hydrogen) atoms. The van der Waals surface area contributed by atoms with Crippen LogP contribution in [0.5, 0.6) is 0 Å². The zero-order valence-electron chi connectivity index (χ0n) is 16.2. The number of aromatic nitrogens is 1. The molecule has 0 spiro atoms. The number of carbonyl (C=O) groups excluding carboxylic acids is 3. The van der Waals surface area contributed by atoms with Gasteiger partial charge in [-0.3, -0.25) is 19.4 Å². The molecule has 0 saturated carbocycles. The van der Waals surface area contributed by atoms with Crippen molar-refractivity contribution in [2.24, 2.45) is 0 Å². The minimum Gasteiger partial charge on any atom is -0.395 e. The number of allylic oxidation sites excluding steroid dienone is 2. The van der Waals surface area contributed by atoms with Crippen LogP contribution in [0.3, 0.4) is 0 Å². The normalized spacial score (nSPS) is 13.3. The maximum absolute atomic E-state index is 13.4. The maximum atomic E-state index is 13.4. The molecule has 0 fully saturated rings. The van der Waals surface area contributed by atoms with E-state index in [9.17, 15) is 19.5 Å². The molecule has 0 radical (unpaired) electrons. The number of benzene rings is 1. The van der Waals surface area contributed by atoms with Crippen molar-refractivity contribution in [2.45, 2.75) is 0 Å². The van der Waals surface area contributed by atoms with Gasteiger partial charge in [0.1, 0.15) is 23.7 Å². The lowest BCUT2D eigenvalue weighted by molar-refractivity contribution is -0.131. The van der Waals surface area contributed by atoms with E-state index in [1.165, 1.54) is 26.4 Å². The number of carbonyl (C=O) groups is 3. The Morgan fingerprint density at radius 2 is 1.79 bits per heavy atom. The van der Waals surface area contributed by atoms with Gasteiger partial charge in [0.25, 0.3) is 5.91 Å². The first kappa shape index (κ1) is 20.4. The molecule has 1 heterocycles. The zero-order valence-corrected chi connectivity index (χ0v) is 16.2. The second-order valence-electron chi connectivity index (χ2n) is 6.35. The van der Waals surface area contributed by atoms with Crippen molar-refractivity contribution in [3.05, 3.63) is 71.3 Å². The molecule has 150 valence electrons. The van der Waals surface area contributed by atoms with Crippen molar-refractivity contribution in [2.75, 3.05) is 38.8 Å². The first-order valence-corrected chi connectivity index (χ1v) is 8.98. The lowest BCUT2D eigenvalue weighted by Gasteiger charge is -2.33. The van der Waals surface area contributed by atoms with Crippen LogP contribution in [0.2, 0.25) is 0 Å². The highest BCUT2D eigenvalue weighted by Crippen LogP contribution is 2.31. The maximum Gasteiger partial charge on any atom is 0.252 e. The molecule has 2 aromatic rings. The van der Waals surface area contributed by atoms with Gasteiger partial charge < -0.3 is 19.6 Å². The van der Waals surface area contributed by atoms with Gasteiger partial charge in [-0.1, -0.05) is 18.2 Å². The smallest absolute Gasteiger partial charge is 0.252 e. The Morgan fingerprint density at radius 1 is 1.07 bits per heavy atom. The molecule has 0 aliphatic heterocycles. The number of ether oxygens (including phenoxy) is 1. The van der Waals surface area contributed by atoms with Gasteiger partial charge >= 0.3 is 0 Å². The Labute approximate surface area is 168 Å². The first-order chi connectivity index (χ1) is 14.0. The van der Waals surface area contributed by atoms with E-state index >= 15 is 0 Å². The van der Waals surface area contributed by atoms with E-state index in [2.05, 4.69) is 4.98 Å². The number of hydrogen-bond donors (Lipinski definition) is 1. The summed E-state index contributed by atoms with van der Waals surface area (Å²) in [5.74, 6) is -1.48. The van der Waals surface area contributed by atoms with E-state index in [0.29, 0.717) is 5.69 Å². The van der Waals surface area contributed by atoms with Gasteiger partial charge in [-0.05, 0) is 24.3 Å². The summed E-state index contributed by atoms with van der Waals surface area (Å²) in [7, 11) is 2.78. The molecule has 1 aliphatic carbocycles. The lowest BCUT2D eigenvalue weighted by Crippen LogP contribution is -2.43. The summed E-state index contributed by atoms with van der Waals surface area (Å²) < 4.78 is 4.90. The van der Waals surface area contributed by atoms with Crippen molar-refractivity contribution in [3.63, 3.8) is 0 Å². The first-order valence-electron chi connectivity index (χ1n) is 8.98. The number of anilines is 1. The number of aliphatic hydroxyl groups excluding tert-OH is 1. The molecular weight excluding hydrogens is 374 g/mol. The third-order valence-electron chi connectivity index (χ3n) is 4.56. The van der Waals surface area contributed by atoms with Crippen LogP contribution in [-0.2, 0) is 9.53 Å². The number of ketones is 2. The van der Waals surface area contributed by atoms with Crippen molar-refractivity contribution in [1.82, 2.24) is 9.88 Å². The standard InChI is InChI=1S/C21H21N3O5/c1-23(16(26)13-29-2)18-19(24(11-12-25)14-7-4-3-5-8-14)20(27)15-9-6-10-22-17(15)21(18)28/h3-10,25H,11-13H2,1-2H3. The topological polar surface area (TPSA) is 100 Å². The van der Waals surface area contributed by atoms with Gasteiger partial charge in [0.2, 0.25) is 11.6 Å². The number of methoxy groups -OCH3 is 1. The summed E-state index contributed by atoms with van der Waals surface area (Å²) in [5, 5.41) is 9.62. The van der Waals surface area contributed by atoms with E-state index in [-0.39, 0.29) is 42.4 Å². The van der Waals surface area contributed by atoms with Crippen LogP contribution in [0, 0.1) is 0 Å². The van der Waals surface area contributed by atoms with E-state index in [1.54, 1.807) is 35.2 Å². The average molecular weight is 395 g/mol. The Bertz CT molecular complexity index is 971. The highest BCUT2D eigenvalue weighted by molar-refractivity contribution is 6.27. The molecule has 0 bridgehead atoms. The molecule has 3 rings (SSSR count). The quantitative estimate of drug-likeness (QED) is 0.754. The molecule has 0 saturated heterocycles. The SMILES string of the molecule is COCC(=O)N(C)C1=C(N(CCO)c2ccccc2)C(=O)c2cccnc2C1=O. The fourth-order valence-corrected chi connectivity index (χ4v) is 3.21. The van der Waals surface area contributed by atoms with Crippen LogP contribution in [0.1, 0.15) is 20.8 Å². The summed E-state index contributed by atoms with van der Waals surface area (Å²) >= 11 is 0. The van der Waals surface area contributed by atoms with Gasteiger partial charge in [0.05, 0.1) is 12.2 Å². The Morgan fingerprint density at radius 3 is 2.45 bits per heavy atom. The van der Waals surface area contributed by atoms with Gasteiger partial charge in [0, 0.05) is 32.6 Å². The number of Topliss-reactive ketones (excluding diaryl/α,β-unsaturated/α-hetero) is 2. The molecule has 1 amide bonds. The van der Waals surface area contributed by atoms with Gasteiger partial charge in [-0.15, -0.1) is 0 Å². The monoisotopic (exact) mass is 395 g/mol. The molecule has 0 unspecified atom stereocenters. The minimum atomic E-state index is -0.541. The van der Waals surface area contributed by atoms with Gasteiger partial charge in [0.15, 0.2) is 0 Å². The Hall–Kier alpha value is -3.36. The van der Waals surface area contributed by atoms with E-state index in [4.69, 9.17) is 4.74 Å². The zero-order chi connectivity index (χ0) is 21.0. The highest BCUT2D eigenvalue weighted by atomic mass is 16.5. The third kappa shape index (κ3) is 3.80. The Kier molecular flexibility index (Phi) is 6.16. The van der Waals surface area contributed by atoms with E-state index in [0.717, 1.165) is 4.90 Å². The number of fused-ring (bicyclic) bond motifs is 1. The fraction of sp³-hybridized carbons (Fsp3) is 0.238. The van der Waals surface area contributed by atoms with Crippen LogP contribution >= 0.6 is 0 Å². The number of nitrogens with zero attached hydrogens (tertiary/aromatic N) is 3. The minimum absolute atomic E-state index is 0.00896. The number of rotatable bonds is 7. The largest absolute Gasteiger partial charge is 0.395 e. The second-order valence-corrected chi connectivity index (χ2v) is 6.35. The van der Waals surface area contributed by atoms with E-state index in [1.807, 2.05) is 6.07 Å². The van der Waals surface area contributed by atoms with Crippen LogP contribution in [0.15, 0.2) is 60.1 Å². The molecule has 1 aromatic carbocycles. The van der Waals surface area contributed by atoms with Crippen LogP contribution in [0.25, 0.3) is 0 Å². The van der Waals surface area contributed by atoms with Crippen LogP contribution < -0.4 is 4.90 Å². The summed E-state index contributed by atoms with van der Waals surface area (Å²) in [5.41, 5.74) is 0.673. The molecule has 1 aromatic heterocycles. The average Bonchev–Trinajstić information content (AvgIpc) is 2.75. The lowest BCUT2D eigenvalue weighted by atomic mass is 9.92. The number of para-hydroxylation sites is 1. The van der Waals surface area contributed by atoms with Crippen LogP contribution in [0.4, 0.5) is 5.69 Å². The summed E-state index contributed by atoms with van der Waals surface area (Å²) in [6, 6.07) is 12.0. The predicted molar refractivity (Wildman–Crippen MR) is 105 cm³/mol. The summed E-state index contributed by atoms with van der Waals surface area (Å²) in [4.78, 5) is 45.9. The van der Waals surface area contributed by atoms with Gasteiger partial charge in [-0.25, -0.2) is 0 Å².